The predicted octanol–water partition coefficient (Wildman–Crippen LogP) is 20.7. The summed E-state index contributed by atoms with van der Waals surface area (Å²) in [5.41, 5.74) is 27.0. The molecule has 0 spiro atoms. The van der Waals surface area contributed by atoms with E-state index in [-0.39, 0.29) is 0 Å². The van der Waals surface area contributed by atoms with Gasteiger partial charge in [-0.15, -0.1) is 0 Å². The van der Waals surface area contributed by atoms with E-state index in [0.29, 0.717) is 5.92 Å². The minimum Gasteiger partial charge on any atom is -0.0617 e. The van der Waals surface area contributed by atoms with Crippen molar-refractivity contribution >= 4 is 10.8 Å². The Kier molecular flexibility index (Phi) is 22.9. The smallest absolute Gasteiger partial charge is 0.0339 e. The molecule has 0 fully saturated rings. The summed E-state index contributed by atoms with van der Waals surface area (Å²) >= 11 is 0. The van der Waals surface area contributed by atoms with E-state index in [4.69, 9.17) is 0 Å². The molecule has 0 aromatic heterocycles. The third-order valence-electron chi connectivity index (χ3n) is 14.0. The first kappa shape index (κ1) is 58.4. The molecule has 10 aromatic rings. The molecule has 0 heteroatoms. The lowest BCUT2D eigenvalue weighted by Crippen LogP contribution is -2.03. The standard InChI is InChI=1S/C22H22.C15H16.C12H12.2C9H12.C8H10/c1-16-4-10-19(11-5-16)22(20-12-6-17(2)7-13-20)21-14-8-18(3)9-15-21;1-12-3-7-14(8-4-12)11-15-9-5-13(2)6-10-15;1-9-5-3-8-12-10(2)6-4-7-11(9)12;1-7-4-5-8(2)9(3)6-7;1-7-5-4-6-8(2)9(7)3;1-7-3-5-8(2)6-4-7/h4-15,22H,1-3H3;3-10H,11H2,1-2H3;3-8H,1-2H3;2*4-6H,1-3H3;3-6H,1-2H3. The van der Waals surface area contributed by atoms with Crippen molar-refractivity contribution in [3.8, 4) is 0 Å². The average Bonchev–Trinajstić information content (AvgIpc) is 3.40. The topological polar surface area (TPSA) is 0 Å². The van der Waals surface area contributed by atoms with Crippen LogP contribution in [0.1, 0.15) is 117 Å². The third kappa shape index (κ3) is 19.4. The molecule has 0 aliphatic heterocycles. The van der Waals surface area contributed by atoms with E-state index in [0.717, 1.165) is 6.42 Å². The maximum Gasteiger partial charge on any atom is 0.0339 e. The van der Waals surface area contributed by atoms with Crippen molar-refractivity contribution < 1.29 is 0 Å². The van der Waals surface area contributed by atoms with Gasteiger partial charge in [-0.3, -0.25) is 0 Å². The molecule has 0 aliphatic carbocycles. The average molecular weight is 985 g/mol. The van der Waals surface area contributed by atoms with Crippen molar-refractivity contribution in [3.63, 3.8) is 0 Å². The summed E-state index contributed by atoms with van der Waals surface area (Å²) in [6, 6.07) is 78.4. The summed E-state index contributed by atoms with van der Waals surface area (Å²) in [4.78, 5) is 0. The van der Waals surface area contributed by atoms with E-state index in [1.54, 1.807) is 0 Å². The van der Waals surface area contributed by atoms with Crippen LogP contribution in [-0.4, -0.2) is 0 Å². The molecule has 0 saturated heterocycles. The molecule has 0 saturated carbocycles. The summed E-state index contributed by atoms with van der Waals surface area (Å²) in [6.07, 6.45) is 1.03. The van der Waals surface area contributed by atoms with Crippen LogP contribution in [0.4, 0.5) is 0 Å². The second kappa shape index (κ2) is 29.4. The van der Waals surface area contributed by atoms with Gasteiger partial charge in [-0.25, -0.2) is 0 Å². The lowest BCUT2D eigenvalue weighted by Gasteiger charge is -2.19. The van der Waals surface area contributed by atoms with Crippen LogP contribution in [0.5, 0.6) is 0 Å². The number of hydrogen-bond acceptors (Lipinski definition) is 0. The zero-order chi connectivity index (χ0) is 54.4. The minimum atomic E-state index is 0.293. The third-order valence-corrected chi connectivity index (χ3v) is 14.0. The number of benzene rings is 10. The predicted molar refractivity (Wildman–Crippen MR) is 330 cm³/mol. The molecule has 0 nitrogen and oxygen atoms in total. The number of hydrogen-bond donors (Lipinski definition) is 0. The number of rotatable bonds is 5. The zero-order valence-corrected chi connectivity index (χ0v) is 48.1. The van der Waals surface area contributed by atoms with Gasteiger partial charge in [-0.1, -0.05) is 263 Å². The highest BCUT2D eigenvalue weighted by Gasteiger charge is 2.16. The highest BCUT2D eigenvalue weighted by molar-refractivity contribution is 5.88. The van der Waals surface area contributed by atoms with E-state index in [1.807, 2.05) is 0 Å². The molecule has 10 rings (SSSR count). The maximum absolute atomic E-state index is 2.25. The van der Waals surface area contributed by atoms with Gasteiger partial charge in [0.05, 0.1) is 0 Å². The molecule has 0 bridgehead atoms. The first-order valence-corrected chi connectivity index (χ1v) is 26.7. The van der Waals surface area contributed by atoms with Crippen LogP contribution < -0.4 is 0 Å². The second-order valence-electron chi connectivity index (χ2n) is 20.8. The second-order valence-corrected chi connectivity index (χ2v) is 20.8. The van der Waals surface area contributed by atoms with Gasteiger partial charge in [-0.05, 0) is 188 Å². The largest absolute Gasteiger partial charge is 0.0617 e. The van der Waals surface area contributed by atoms with Gasteiger partial charge in [0.1, 0.15) is 0 Å². The minimum absolute atomic E-state index is 0.293. The van der Waals surface area contributed by atoms with E-state index < -0.39 is 0 Å². The molecular weight excluding hydrogens is 901 g/mol. The molecule has 0 amide bonds. The van der Waals surface area contributed by atoms with Gasteiger partial charge in [0, 0.05) is 5.92 Å². The van der Waals surface area contributed by atoms with Gasteiger partial charge >= 0.3 is 0 Å². The van der Waals surface area contributed by atoms with Crippen LogP contribution in [0.3, 0.4) is 0 Å². The number of aryl methyl sites for hydroxylation is 14. The van der Waals surface area contributed by atoms with E-state index in [2.05, 4.69) is 322 Å². The molecule has 10 aromatic carbocycles. The van der Waals surface area contributed by atoms with Crippen LogP contribution in [0.25, 0.3) is 10.8 Å². The Hall–Kier alpha value is -7.54. The fourth-order valence-corrected chi connectivity index (χ4v) is 8.55. The summed E-state index contributed by atoms with van der Waals surface area (Å²) in [5.74, 6) is 0.293. The first-order chi connectivity index (χ1) is 35.9. The quantitative estimate of drug-likeness (QED) is 0.151. The van der Waals surface area contributed by atoms with E-state index in [9.17, 15) is 0 Å². The Morgan fingerprint density at radius 3 is 0.787 bits per heavy atom. The summed E-state index contributed by atoms with van der Waals surface area (Å²) in [6.45, 7) is 32.0. The van der Waals surface area contributed by atoms with Crippen molar-refractivity contribution in [1.29, 1.82) is 0 Å². The van der Waals surface area contributed by atoms with Gasteiger partial charge in [0.15, 0.2) is 0 Å². The fourth-order valence-electron chi connectivity index (χ4n) is 8.55. The molecule has 0 unspecified atom stereocenters. The Bertz CT molecular complexity index is 3020. The van der Waals surface area contributed by atoms with Gasteiger partial charge in [-0.2, -0.15) is 0 Å². The fraction of sp³-hybridized carbons (Fsp3) is 0.227. The molecule has 0 atom stereocenters. The van der Waals surface area contributed by atoms with Crippen LogP contribution in [-0.2, 0) is 6.42 Å². The zero-order valence-electron chi connectivity index (χ0n) is 48.1. The van der Waals surface area contributed by atoms with Crippen LogP contribution in [0.2, 0.25) is 0 Å². The molecule has 75 heavy (non-hydrogen) atoms. The molecule has 384 valence electrons. The van der Waals surface area contributed by atoms with Crippen molar-refractivity contribution in [2.45, 2.75) is 116 Å². The summed E-state index contributed by atoms with van der Waals surface area (Å²) in [7, 11) is 0. The highest BCUT2D eigenvalue weighted by Crippen LogP contribution is 2.32. The molecule has 0 heterocycles. The summed E-state index contributed by atoms with van der Waals surface area (Å²) < 4.78 is 0. The van der Waals surface area contributed by atoms with Crippen molar-refractivity contribution in [2.75, 3.05) is 0 Å². The van der Waals surface area contributed by atoms with Crippen molar-refractivity contribution in [3.05, 3.63) is 330 Å². The Morgan fingerprint density at radius 2 is 0.493 bits per heavy atom. The van der Waals surface area contributed by atoms with E-state index in [1.165, 1.54) is 122 Å². The molecular formula is C75H84. The van der Waals surface area contributed by atoms with Crippen LogP contribution in [0, 0.1) is 104 Å². The lowest BCUT2D eigenvalue weighted by atomic mass is 9.84. The monoisotopic (exact) mass is 985 g/mol. The maximum atomic E-state index is 2.25. The van der Waals surface area contributed by atoms with Gasteiger partial charge in [0.2, 0.25) is 0 Å². The van der Waals surface area contributed by atoms with Gasteiger partial charge < -0.3 is 0 Å². The molecule has 0 aliphatic rings. The number of fused-ring (bicyclic) bond motifs is 1. The van der Waals surface area contributed by atoms with Crippen molar-refractivity contribution in [2.24, 2.45) is 0 Å². The summed E-state index contributed by atoms with van der Waals surface area (Å²) in [5, 5.41) is 2.75. The molecule has 0 N–H and O–H groups in total. The Balaban J connectivity index is 0.000000174. The van der Waals surface area contributed by atoms with Gasteiger partial charge in [0.25, 0.3) is 0 Å². The van der Waals surface area contributed by atoms with Crippen LogP contribution >= 0.6 is 0 Å². The SMILES string of the molecule is Cc1ccc(C(c2ccc(C)cc2)c2ccc(C)cc2)cc1.Cc1ccc(C)c(C)c1.Cc1ccc(C)cc1.Cc1ccc(Cc2ccc(C)cc2)cc1.Cc1cccc(C)c1C.Cc1cccc2c(C)cccc12. The first-order valence-electron chi connectivity index (χ1n) is 26.7. The normalized spacial score (nSPS) is 10.2. The Labute approximate surface area is 454 Å². The Morgan fingerprint density at radius 1 is 0.227 bits per heavy atom. The van der Waals surface area contributed by atoms with E-state index >= 15 is 0 Å². The highest BCUT2D eigenvalue weighted by atomic mass is 14.2. The van der Waals surface area contributed by atoms with Crippen LogP contribution in [0.15, 0.2) is 218 Å². The molecule has 0 radical (unpaired) electrons. The lowest BCUT2D eigenvalue weighted by molar-refractivity contribution is 0.973. The van der Waals surface area contributed by atoms with Crippen molar-refractivity contribution in [1.82, 2.24) is 0 Å².